The molecule has 0 aliphatic carbocycles. The van der Waals surface area contributed by atoms with Crippen LogP contribution in [0.4, 0.5) is 15.2 Å². The molecule has 0 atom stereocenters. The molecule has 0 N–H and O–H groups in total. The van der Waals surface area contributed by atoms with Crippen molar-refractivity contribution in [2.45, 2.75) is 12.8 Å². The van der Waals surface area contributed by atoms with Crippen LogP contribution in [0.1, 0.15) is 12.8 Å². The molecule has 3 aromatic rings. The third-order valence-electron chi connectivity index (χ3n) is 6.46. The fourth-order valence-corrected chi connectivity index (χ4v) is 5.63. The van der Waals surface area contributed by atoms with Crippen molar-refractivity contribution >= 4 is 38.3 Å². The Morgan fingerprint density at radius 3 is 2.56 bits per heavy atom. The van der Waals surface area contributed by atoms with Crippen molar-refractivity contribution in [1.29, 1.82) is 0 Å². The molecule has 2 aromatic carbocycles. The Balaban J connectivity index is 1.15. The first-order chi connectivity index (χ1) is 15.6. The minimum absolute atomic E-state index is 0.0708. The number of piperidine rings is 1. The summed E-state index contributed by atoms with van der Waals surface area (Å²) < 4.78 is 19.7. The predicted molar refractivity (Wildman–Crippen MR) is 126 cm³/mol. The number of methoxy groups -OCH3 is 1. The van der Waals surface area contributed by atoms with Crippen LogP contribution < -0.4 is 14.5 Å². The summed E-state index contributed by atoms with van der Waals surface area (Å²) >= 11 is 1.52. The monoisotopic (exact) mass is 454 g/mol. The van der Waals surface area contributed by atoms with Crippen molar-refractivity contribution in [2.24, 2.45) is 5.92 Å². The molecular formula is C24H27FN4O2S. The molecule has 2 fully saturated rings. The first kappa shape index (κ1) is 21.0. The number of anilines is 2. The number of hydrogen-bond acceptors (Lipinski definition) is 6. The average molecular weight is 455 g/mol. The van der Waals surface area contributed by atoms with Gasteiger partial charge in [0.15, 0.2) is 5.13 Å². The number of halogens is 1. The molecule has 2 aliphatic rings. The Hall–Kier alpha value is -2.87. The second-order valence-electron chi connectivity index (χ2n) is 8.38. The second-order valence-corrected chi connectivity index (χ2v) is 9.39. The lowest BCUT2D eigenvalue weighted by Crippen LogP contribution is -2.51. The molecule has 8 heteroatoms. The van der Waals surface area contributed by atoms with Gasteiger partial charge >= 0.3 is 0 Å². The van der Waals surface area contributed by atoms with Crippen LogP contribution in [0.3, 0.4) is 0 Å². The number of piperazine rings is 1. The number of nitrogens with zero attached hydrogens (tertiary/aromatic N) is 4. The zero-order valence-electron chi connectivity index (χ0n) is 18.2. The summed E-state index contributed by atoms with van der Waals surface area (Å²) in [6, 6.07) is 12.8. The van der Waals surface area contributed by atoms with Gasteiger partial charge in [-0.15, -0.1) is 0 Å². The maximum absolute atomic E-state index is 13.5. The molecule has 3 heterocycles. The molecular weight excluding hydrogens is 427 g/mol. The van der Waals surface area contributed by atoms with Crippen LogP contribution in [0.15, 0.2) is 42.5 Å². The van der Waals surface area contributed by atoms with E-state index in [0.29, 0.717) is 0 Å². The molecule has 6 nitrogen and oxygen atoms in total. The molecule has 32 heavy (non-hydrogen) atoms. The van der Waals surface area contributed by atoms with Gasteiger partial charge in [-0.3, -0.25) is 4.79 Å². The highest BCUT2D eigenvalue weighted by Gasteiger charge is 2.31. The van der Waals surface area contributed by atoms with E-state index in [-0.39, 0.29) is 17.6 Å². The standard InChI is InChI=1S/C24H27FN4O2S/c1-31-20-4-2-3-19(16-20)27-11-13-28(14-12-27)23(30)17-7-9-29(10-8-17)24-26-21-6-5-18(25)15-22(21)32-24/h2-6,15-17H,7-14H2,1H3. The van der Waals surface area contributed by atoms with Gasteiger partial charge in [-0.25, -0.2) is 9.37 Å². The summed E-state index contributed by atoms with van der Waals surface area (Å²) in [6.07, 6.45) is 1.67. The van der Waals surface area contributed by atoms with Crippen LogP contribution in [0.5, 0.6) is 5.75 Å². The number of fused-ring (bicyclic) bond motifs is 1. The van der Waals surface area contributed by atoms with Gasteiger partial charge in [0.25, 0.3) is 0 Å². The summed E-state index contributed by atoms with van der Waals surface area (Å²) in [7, 11) is 1.68. The van der Waals surface area contributed by atoms with Gasteiger partial charge in [0, 0.05) is 56.9 Å². The maximum atomic E-state index is 13.5. The Morgan fingerprint density at radius 1 is 1.03 bits per heavy atom. The lowest BCUT2D eigenvalue weighted by Gasteiger charge is -2.39. The molecule has 0 bridgehead atoms. The molecule has 0 unspecified atom stereocenters. The van der Waals surface area contributed by atoms with E-state index in [9.17, 15) is 9.18 Å². The number of thiazole rings is 1. The highest BCUT2D eigenvalue weighted by atomic mass is 32.1. The molecule has 2 aliphatic heterocycles. The van der Waals surface area contributed by atoms with Crippen LogP contribution >= 0.6 is 11.3 Å². The van der Waals surface area contributed by atoms with Crippen molar-refractivity contribution in [3.8, 4) is 5.75 Å². The van der Waals surface area contributed by atoms with E-state index in [1.54, 1.807) is 13.2 Å². The number of carbonyl (C=O) groups is 1. The number of hydrogen-bond donors (Lipinski definition) is 0. The number of amides is 1. The summed E-state index contributed by atoms with van der Waals surface area (Å²) in [4.78, 5) is 24.4. The topological polar surface area (TPSA) is 48.9 Å². The third kappa shape index (κ3) is 4.24. The quantitative estimate of drug-likeness (QED) is 0.596. The molecule has 0 saturated carbocycles. The normalized spacial score (nSPS) is 17.8. The molecule has 1 amide bonds. The largest absolute Gasteiger partial charge is 0.497 e. The molecule has 1 aromatic heterocycles. The van der Waals surface area contributed by atoms with E-state index in [0.717, 1.165) is 78.9 Å². The Kier molecular flexibility index (Phi) is 5.87. The van der Waals surface area contributed by atoms with Crippen molar-refractivity contribution in [3.05, 3.63) is 48.3 Å². The van der Waals surface area contributed by atoms with E-state index in [1.165, 1.54) is 23.5 Å². The minimum atomic E-state index is -0.233. The van der Waals surface area contributed by atoms with Crippen molar-refractivity contribution in [1.82, 2.24) is 9.88 Å². The predicted octanol–water partition coefficient (Wildman–Crippen LogP) is 4.01. The molecule has 2 saturated heterocycles. The third-order valence-corrected chi connectivity index (χ3v) is 7.54. The van der Waals surface area contributed by atoms with E-state index in [4.69, 9.17) is 4.74 Å². The number of rotatable bonds is 4. The van der Waals surface area contributed by atoms with Crippen LogP contribution in [0.2, 0.25) is 0 Å². The Bertz CT molecular complexity index is 1100. The Labute approximate surface area is 191 Å². The summed E-state index contributed by atoms with van der Waals surface area (Å²) in [6.45, 7) is 4.78. The van der Waals surface area contributed by atoms with E-state index >= 15 is 0 Å². The lowest BCUT2D eigenvalue weighted by atomic mass is 9.95. The number of carbonyl (C=O) groups excluding carboxylic acids is 1. The fraction of sp³-hybridized carbons (Fsp3) is 0.417. The highest BCUT2D eigenvalue weighted by Crippen LogP contribution is 2.32. The number of benzene rings is 2. The second kappa shape index (κ2) is 8.94. The van der Waals surface area contributed by atoms with E-state index in [1.807, 2.05) is 23.1 Å². The van der Waals surface area contributed by atoms with E-state index in [2.05, 4.69) is 20.9 Å². The average Bonchev–Trinajstić information content (AvgIpc) is 3.27. The maximum Gasteiger partial charge on any atom is 0.225 e. The molecule has 0 radical (unpaired) electrons. The van der Waals surface area contributed by atoms with Crippen LogP contribution in [-0.2, 0) is 4.79 Å². The van der Waals surface area contributed by atoms with Gasteiger partial charge in [0.1, 0.15) is 11.6 Å². The first-order valence-electron chi connectivity index (χ1n) is 11.1. The Morgan fingerprint density at radius 2 is 1.81 bits per heavy atom. The van der Waals surface area contributed by atoms with Crippen molar-refractivity contribution in [2.75, 3.05) is 56.2 Å². The summed E-state index contributed by atoms with van der Waals surface area (Å²) in [5.41, 5.74) is 1.97. The van der Waals surface area contributed by atoms with Crippen LogP contribution in [-0.4, -0.2) is 62.2 Å². The zero-order chi connectivity index (χ0) is 22.1. The SMILES string of the molecule is COc1cccc(N2CCN(C(=O)C3CCN(c4nc5ccc(F)cc5s4)CC3)CC2)c1. The van der Waals surface area contributed by atoms with Crippen LogP contribution in [0.25, 0.3) is 10.2 Å². The van der Waals surface area contributed by atoms with Crippen LogP contribution in [0, 0.1) is 11.7 Å². The number of ether oxygens (including phenoxy) is 1. The first-order valence-corrected chi connectivity index (χ1v) is 11.9. The van der Waals surface area contributed by atoms with Crippen molar-refractivity contribution < 1.29 is 13.9 Å². The van der Waals surface area contributed by atoms with Crippen molar-refractivity contribution in [3.63, 3.8) is 0 Å². The minimum Gasteiger partial charge on any atom is -0.497 e. The fourth-order valence-electron chi connectivity index (χ4n) is 4.59. The highest BCUT2D eigenvalue weighted by molar-refractivity contribution is 7.22. The molecule has 168 valence electrons. The van der Waals surface area contributed by atoms with Gasteiger partial charge in [-0.1, -0.05) is 17.4 Å². The van der Waals surface area contributed by atoms with Gasteiger partial charge < -0.3 is 19.4 Å². The lowest BCUT2D eigenvalue weighted by molar-refractivity contribution is -0.136. The van der Waals surface area contributed by atoms with Gasteiger partial charge in [0.2, 0.25) is 5.91 Å². The summed E-state index contributed by atoms with van der Waals surface area (Å²) in [5, 5.41) is 0.920. The van der Waals surface area contributed by atoms with E-state index < -0.39 is 0 Å². The van der Waals surface area contributed by atoms with Gasteiger partial charge in [-0.2, -0.15) is 0 Å². The number of aromatic nitrogens is 1. The van der Waals surface area contributed by atoms with Gasteiger partial charge in [0.05, 0.1) is 17.3 Å². The van der Waals surface area contributed by atoms with Gasteiger partial charge in [-0.05, 0) is 43.2 Å². The molecule has 0 spiro atoms. The summed E-state index contributed by atoms with van der Waals surface area (Å²) in [5.74, 6) is 0.970. The smallest absolute Gasteiger partial charge is 0.225 e. The molecule has 5 rings (SSSR count). The zero-order valence-corrected chi connectivity index (χ0v) is 19.0.